The third-order valence-corrected chi connectivity index (χ3v) is 4.26. The third kappa shape index (κ3) is 3.71. The largest absolute Gasteiger partial charge is 0.493 e. The van der Waals surface area contributed by atoms with Crippen LogP contribution < -0.4 is 18.9 Å². The lowest BCUT2D eigenvalue weighted by Gasteiger charge is -2.20. The van der Waals surface area contributed by atoms with Crippen molar-refractivity contribution < 1.29 is 29.2 Å². The quantitative estimate of drug-likeness (QED) is 0.785. The lowest BCUT2D eigenvalue weighted by molar-refractivity contribution is 0.198. The summed E-state index contributed by atoms with van der Waals surface area (Å²) in [6, 6.07) is 7.09. The van der Waals surface area contributed by atoms with Gasteiger partial charge in [-0.1, -0.05) is 0 Å². The first-order valence-electron chi connectivity index (χ1n) is 8.26. The molecule has 2 N–H and O–H groups in total. The van der Waals surface area contributed by atoms with Gasteiger partial charge in [0.2, 0.25) is 0 Å². The van der Waals surface area contributed by atoms with Crippen LogP contribution in [-0.4, -0.2) is 38.7 Å². The van der Waals surface area contributed by atoms with E-state index >= 15 is 0 Å². The van der Waals surface area contributed by atoms with Gasteiger partial charge in [-0.3, -0.25) is 0 Å². The molecule has 6 heteroatoms. The van der Waals surface area contributed by atoms with Crippen LogP contribution in [0.5, 0.6) is 23.0 Å². The van der Waals surface area contributed by atoms with Crippen LogP contribution in [0.2, 0.25) is 0 Å². The van der Waals surface area contributed by atoms with Crippen LogP contribution in [0, 0.1) is 0 Å². The van der Waals surface area contributed by atoms with Crippen molar-refractivity contribution in [2.45, 2.75) is 26.1 Å². The fourth-order valence-corrected chi connectivity index (χ4v) is 2.85. The van der Waals surface area contributed by atoms with E-state index in [1.54, 1.807) is 40.2 Å². The normalized spacial score (nSPS) is 13.1. The molecule has 0 aliphatic heterocycles. The molecule has 26 heavy (non-hydrogen) atoms. The number of methoxy groups -OCH3 is 4. The second-order valence-corrected chi connectivity index (χ2v) is 5.96. The molecule has 0 amide bonds. The van der Waals surface area contributed by atoms with Gasteiger partial charge in [-0.15, -0.1) is 0 Å². The van der Waals surface area contributed by atoms with Crippen molar-refractivity contribution in [2.24, 2.45) is 0 Å². The zero-order chi connectivity index (χ0) is 19.4. The summed E-state index contributed by atoms with van der Waals surface area (Å²) >= 11 is 0. The predicted molar refractivity (Wildman–Crippen MR) is 99.4 cm³/mol. The average molecular weight is 362 g/mol. The summed E-state index contributed by atoms with van der Waals surface area (Å²) in [6.07, 6.45) is -1.39. The number of aliphatic hydroxyl groups excluding tert-OH is 2. The number of rotatable bonds is 7. The maximum absolute atomic E-state index is 10.1. The lowest BCUT2D eigenvalue weighted by atomic mass is 9.95. The summed E-state index contributed by atoms with van der Waals surface area (Å²) < 4.78 is 22.0. The first-order chi connectivity index (χ1) is 12.4. The highest BCUT2D eigenvalue weighted by Gasteiger charge is 2.22. The van der Waals surface area contributed by atoms with Crippen molar-refractivity contribution in [2.75, 3.05) is 28.4 Å². The number of hydrogen-bond donors (Lipinski definition) is 2. The molecule has 0 fully saturated rings. The minimum absolute atomic E-state index is 0.490. The number of aliphatic hydroxyl groups is 2. The maximum atomic E-state index is 10.1. The summed E-state index contributed by atoms with van der Waals surface area (Å²) in [6.45, 7) is 3.35. The van der Waals surface area contributed by atoms with Crippen LogP contribution in [0.3, 0.4) is 0 Å². The minimum Gasteiger partial charge on any atom is -0.493 e. The van der Waals surface area contributed by atoms with Gasteiger partial charge in [0.15, 0.2) is 23.0 Å². The van der Waals surface area contributed by atoms with Crippen LogP contribution in [0.25, 0.3) is 11.1 Å². The van der Waals surface area contributed by atoms with Gasteiger partial charge in [0.25, 0.3) is 0 Å². The van der Waals surface area contributed by atoms with Crippen LogP contribution in [-0.2, 0) is 0 Å². The fourth-order valence-electron chi connectivity index (χ4n) is 2.85. The zero-order valence-corrected chi connectivity index (χ0v) is 16.0. The molecule has 2 aromatic carbocycles. The summed E-state index contributed by atoms with van der Waals surface area (Å²) in [5.41, 5.74) is 2.67. The molecule has 0 heterocycles. The van der Waals surface area contributed by atoms with Crippen LogP contribution in [0.1, 0.15) is 37.2 Å². The van der Waals surface area contributed by atoms with E-state index in [1.807, 2.05) is 12.1 Å². The smallest absolute Gasteiger partial charge is 0.168 e. The monoisotopic (exact) mass is 362 g/mol. The van der Waals surface area contributed by atoms with Crippen LogP contribution in [0.15, 0.2) is 24.3 Å². The van der Waals surface area contributed by atoms with Gasteiger partial charge >= 0.3 is 0 Å². The Labute approximate surface area is 153 Å². The van der Waals surface area contributed by atoms with E-state index in [1.165, 1.54) is 14.2 Å². The molecule has 142 valence electrons. The Kier molecular flexibility index (Phi) is 6.34. The SMILES string of the molecule is COc1cc([C@@H](C)O)cc(-c2cc([C@@H](C)O)cc(OC)c2OC)c1OC. The van der Waals surface area contributed by atoms with Gasteiger partial charge in [0, 0.05) is 11.1 Å². The van der Waals surface area contributed by atoms with Crippen molar-refractivity contribution >= 4 is 0 Å². The van der Waals surface area contributed by atoms with Crippen molar-refractivity contribution in [1.29, 1.82) is 0 Å². The number of ether oxygens (including phenoxy) is 4. The molecule has 0 radical (unpaired) electrons. The molecule has 0 aliphatic rings. The second-order valence-electron chi connectivity index (χ2n) is 5.96. The Morgan fingerprint density at radius 1 is 0.615 bits per heavy atom. The molecule has 2 rings (SSSR count). The van der Waals surface area contributed by atoms with Gasteiger partial charge < -0.3 is 29.2 Å². The van der Waals surface area contributed by atoms with Crippen molar-refractivity contribution in [1.82, 2.24) is 0 Å². The molecular weight excluding hydrogens is 336 g/mol. The first kappa shape index (κ1) is 19.9. The lowest BCUT2D eigenvalue weighted by Crippen LogP contribution is -2.02. The highest BCUT2D eigenvalue weighted by atomic mass is 16.5. The molecule has 2 aromatic rings. The Hall–Kier alpha value is -2.44. The third-order valence-electron chi connectivity index (χ3n) is 4.26. The second kappa shape index (κ2) is 8.29. The van der Waals surface area contributed by atoms with Gasteiger partial charge in [0.05, 0.1) is 40.6 Å². The zero-order valence-electron chi connectivity index (χ0n) is 16.0. The number of benzene rings is 2. The van der Waals surface area contributed by atoms with Crippen molar-refractivity contribution in [3.63, 3.8) is 0 Å². The minimum atomic E-state index is -0.693. The Balaban J connectivity index is 2.89. The predicted octanol–water partition coefficient (Wildman–Crippen LogP) is 3.49. The van der Waals surface area contributed by atoms with E-state index in [0.717, 1.165) is 0 Å². The van der Waals surface area contributed by atoms with E-state index in [9.17, 15) is 10.2 Å². The summed E-state index contributed by atoms with van der Waals surface area (Å²) in [5.74, 6) is 1.98. The van der Waals surface area contributed by atoms with E-state index < -0.39 is 12.2 Å². The van der Waals surface area contributed by atoms with Gasteiger partial charge in [-0.25, -0.2) is 0 Å². The molecule has 0 saturated heterocycles. The van der Waals surface area contributed by atoms with Crippen molar-refractivity contribution in [3.05, 3.63) is 35.4 Å². The van der Waals surface area contributed by atoms with Crippen molar-refractivity contribution in [3.8, 4) is 34.1 Å². The topological polar surface area (TPSA) is 77.4 Å². The summed E-state index contributed by atoms with van der Waals surface area (Å²) in [7, 11) is 6.17. The molecule has 0 aromatic heterocycles. The first-order valence-corrected chi connectivity index (χ1v) is 8.26. The van der Waals surface area contributed by atoms with E-state index in [0.29, 0.717) is 45.3 Å². The fraction of sp³-hybridized carbons (Fsp3) is 0.400. The molecule has 6 nitrogen and oxygen atoms in total. The number of hydrogen-bond acceptors (Lipinski definition) is 6. The molecule has 0 saturated carbocycles. The van der Waals surface area contributed by atoms with Gasteiger partial charge in [-0.2, -0.15) is 0 Å². The van der Waals surface area contributed by atoms with E-state index in [4.69, 9.17) is 18.9 Å². The molecule has 2 atom stereocenters. The van der Waals surface area contributed by atoms with Gasteiger partial charge in [0.1, 0.15) is 0 Å². The Morgan fingerprint density at radius 2 is 0.962 bits per heavy atom. The molecule has 0 aliphatic carbocycles. The molecular formula is C20H26O6. The van der Waals surface area contributed by atoms with E-state index in [2.05, 4.69) is 0 Å². The summed E-state index contributed by atoms with van der Waals surface area (Å²) in [5, 5.41) is 20.1. The maximum Gasteiger partial charge on any atom is 0.168 e. The molecule has 0 bridgehead atoms. The average Bonchev–Trinajstić information content (AvgIpc) is 2.65. The standard InChI is InChI=1S/C20H26O6/c1-11(21)13-7-15(19(25-5)17(9-13)23-3)16-8-14(12(2)22)10-18(24-4)20(16)26-6/h7-12,21-22H,1-6H3/t11-,12-/m1/s1. The van der Waals surface area contributed by atoms with Crippen LogP contribution >= 0.6 is 0 Å². The Morgan fingerprint density at radius 3 is 1.19 bits per heavy atom. The highest BCUT2D eigenvalue weighted by Crippen LogP contribution is 2.47. The molecule has 0 unspecified atom stereocenters. The highest BCUT2D eigenvalue weighted by molar-refractivity contribution is 5.82. The molecule has 0 spiro atoms. The Bertz CT molecular complexity index is 702. The summed E-state index contributed by atoms with van der Waals surface area (Å²) in [4.78, 5) is 0. The van der Waals surface area contributed by atoms with Gasteiger partial charge in [-0.05, 0) is 49.2 Å². The van der Waals surface area contributed by atoms with E-state index in [-0.39, 0.29) is 0 Å². The van der Waals surface area contributed by atoms with Crippen LogP contribution in [0.4, 0.5) is 0 Å².